The minimum absolute atomic E-state index is 0.0961. The predicted molar refractivity (Wildman–Crippen MR) is 85.9 cm³/mol. The summed E-state index contributed by atoms with van der Waals surface area (Å²) in [5, 5.41) is 2.98. The molecule has 3 heteroatoms. The van der Waals surface area contributed by atoms with Crippen molar-refractivity contribution in [2.24, 2.45) is 0 Å². The zero-order chi connectivity index (χ0) is 15.3. The highest BCUT2D eigenvalue weighted by molar-refractivity contribution is 5.77. The van der Waals surface area contributed by atoms with E-state index in [1.54, 1.807) is 6.20 Å². The van der Waals surface area contributed by atoms with Crippen molar-refractivity contribution in [2.75, 3.05) is 0 Å². The molecule has 0 radical (unpaired) electrons. The molecule has 1 N–H and O–H groups in total. The molecule has 2 aromatic rings. The summed E-state index contributed by atoms with van der Waals surface area (Å²) in [4.78, 5) is 15.9. The topological polar surface area (TPSA) is 42.0 Å². The van der Waals surface area contributed by atoms with Crippen molar-refractivity contribution >= 4 is 5.91 Å². The second-order valence-electron chi connectivity index (χ2n) is 6.24. The van der Waals surface area contributed by atoms with Crippen LogP contribution < -0.4 is 5.32 Å². The smallest absolute Gasteiger partial charge is 0.220 e. The summed E-state index contributed by atoms with van der Waals surface area (Å²) < 4.78 is 0. The molecule has 0 aliphatic carbocycles. The number of pyridine rings is 1. The Bertz CT molecular complexity index is 583. The quantitative estimate of drug-likeness (QED) is 0.931. The van der Waals surface area contributed by atoms with E-state index in [0.717, 1.165) is 17.5 Å². The number of benzene rings is 1. The number of amides is 1. The molecular weight excluding hydrogens is 260 g/mol. The molecular formula is C18H22N2O. The molecule has 1 aromatic carbocycles. The van der Waals surface area contributed by atoms with Gasteiger partial charge in [-0.1, -0.05) is 30.3 Å². The van der Waals surface area contributed by atoms with Crippen LogP contribution in [0.4, 0.5) is 0 Å². The monoisotopic (exact) mass is 282 g/mol. The number of carbonyl (C=O) groups excluding carboxylic acids is 1. The van der Waals surface area contributed by atoms with Crippen LogP contribution in [-0.2, 0) is 11.2 Å². The first-order chi connectivity index (χ1) is 9.94. The van der Waals surface area contributed by atoms with Crippen LogP contribution in [0.2, 0.25) is 0 Å². The lowest BCUT2D eigenvalue weighted by molar-refractivity contribution is -0.122. The van der Waals surface area contributed by atoms with Crippen molar-refractivity contribution < 1.29 is 4.79 Å². The fourth-order valence-electron chi connectivity index (χ4n) is 2.14. The lowest BCUT2D eigenvalue weighted by Crippen LogP contribution is -2.40. The highest BCUT2D eigenvalue weighted by atomic mass is 16.1. The van der Waals surface area contributed by atoms with E-state index >= 15 is 0 Å². The number of rotatable bonds is 4. The second-order valence-corrected chi connectivity index (χ2v) is 6.24. The van der Waals surface area contributed by atoms with Crippen LogP contribution in [0.3, 0.4) is 0 Å². The molecule has 2 rings (SSSR count). The Morgan fingerprint density at radius 1 is 1.10 bits per heavy atom. The Kier molecular flexibility index (Phi) is 4.73. The highest BCUT2D eigenvalue weighted by Gasteiger charge is 2.13. The number of carbonyl (C=O) groups is 1. The summed E-state index contributed by atoms with van der Waals surface area (Å²) in [5.41, 5.74) is 3.26. The fraction of sp³-hybridized carbons (Fsp3) is 0.333. The van der Waals surface area contributed by atoms with Crippen molar-refractivity contribution in [1.82, 2.24) is 10.3 Å². The third-order valence-electron chi connectivity index (χ3n) is 3.10. The van der Waals surface area contributed by atoms with Crippen molar-refractivity contribution in [1.29, 1.82) is 0 Å². The van der Waals surface area contributed by atoms with Gasteiger partial charge in [-0.3, -0.25) is 9.78 Å². The first kappa shape index (κ1) is 15.2. The Labute approximate surface area is 126 Å². The van der Waals surface area contributed by atoms with Gasteiger partial charge in [-0.05, 0) is 49.9 Å². The van der Waals surface area contributed by atoms with Crippen molar-refractivity contribution in [3.05, 3.63) is 54.4 Å². The van der Waals surface area contributed by atoms with E-state index < -0.39 is 0 Å². The van der Waals surface area contributed by atoms with Gasteiger partial charge in [-0.15, -0.1) is 0 Å². The van der Waals surface area contributed by atoms with Crippen LogP contribution in [0.1, 0.15) is 32.8 Å². The van der Waals surface area contributed by atoms with Gasteiger partial charge in [0.25, 0.3) is 0 Å². The molecule has 0 fully saturated rings. The Morgan fingerprint density at radius 2 is 1.81 bits per heavy atom. The van der Waals surface area contributed by atoms with Crippen LogP contribution in [0.25, 0.3) is 11.1 Å². The summed E-state index contributed by atoms with van der Waals surface area (Å²) in [6.45, 7) is 5.98. The molecule has 1 aromatic heterocycles. The predicted octanol–water partition coefficient (Wildman–Crippen LogP) is 3.60. The van der Waals surface area contributed by atoms with Gasteiger partial charge in [-0.25, -0.2) is 0 Å². The van der Waals surface area contributed by atoms with Crippen LogP contribution >= 0.6 is 0 Å². The Morgan fingerprint density at radius 3 is 2.38 bits per heavy atom. The number of aryl methyl sites for hydroxylation is 1. The summed E-state index contributed by atoms with van der Waals surface area (Å²) in [6, 6.07) is 12.3. The van der Waals surface area contributed by atoms with E-state index in [9.17, 15) is 4.79 Å². The molecule has 0 saturated heterocycles. The standard InChI is InChI=1S/C18H22N2O/c1-18(2,3)20-17(21)11-8-14-6-9-15(10-7-14)16-5-4-12-19-13-16/h4-7,9-10,12-13H,8,11H2,1-3H3,(H,20,21). The summed E-state index contributed by atoms with van der Waals surface area (Å²) in [7, 11) is 0. The van der Waals surface area contributed by atoms with Crippen molar-refractivity contribution in [3.8, 4) is 11.1 Å². The first-order valence-electron chi connectivity index (χ1n) is 7.24. The molecule has 1 amide bonds. The van der Waals surface area contributed by atoms with Gasteiger partial charge in [0.1, 0.15) is 0 Å². The molecule has 21 heavy (non-hydrogen) atoms. The van der Waals surface area contributed by atoms with Gasteiger partial charge in [0, 0.05) is 24.4 Å². The minimum atomic E-state index is -0.165. The van der Waals surface area contributed by atoms with E-state index in [4.69, 9.17) is 0 Å². The van der Waals surface area contributed by atoms with Gasteiger partial charge in [0.2, 0.25) is 5.91 Å². The highest BCUT2D eigenvalue weighted by Crippen LogP contribution is 2.18. The van der Waals surface area contributed by atoms with E-state index in [0.29, 0.717) is 6.42 Å². The second kappa shape index (κ2) is 6.53. The number of hydrogen-bond donors (Lipinski definition) is 1. The van der Waals surface area contributed by atoms with Crippen molar-refractivity contribution in [3.63, 3.8) is 0 Å². The molecule has 0 bridgehead atoms. The normalized spacial score (nSPS) is 11.2. The lowest BCUT2D eigenvalue weighted by atomic mass is 10.0. The zero-order valence-corrected chi connectivity index (χ0v) is 12.9. The Hall–Kier alpha value is -2.16. The maximum Gasteiger partial charge on any atom is 0.220 e. The Balaban J connectivity index is 1.93. The van der Waals surface area contributed by atoms with Gasteiger partial charge >= 0.3 is 0 Å². The fourth-order valence-corrected chi connectivity index (χ4v) is 2.14. The molecule has 0 aliphatic heterocycles. The van der Waals surface area contributed by atoms with Gasteiger partial charge in [0.15, 0.2) is 0 Å². The SMILES string of the molecule is CC(C)(C)NC(=O)CCc1ccc(-c2cccnc2)cc1. The van der Waals surface area contributed by atoms with Gasteiger partial charge in [-0.2, -0.15) is 0 Å². The first-order valence-corrected chi connectivity index (χ1v) is 7.24. The van der Waals surface area contributed by atoms with Gasteiger partial charge < -0.3 is 5.32 Å². The minimum Gasteiger partial charge on any atom is -0.351 e. The molecule has 0 unspecified atom stereocenters. The number of nitrogens with zero attached hydrogens (tertiary/aromatic N) is 1. The average molecular weight is 282 g/mol. The number of aromatic nitrogens is 1. The van der Waals surface area contributed by atoms with E-state index in [-0.39, 0.29) is 11.4 Å². The third kappa shape index (κ3) is 5.03. The molecule has 0 atom stereocenters. The maximum absolute atomic E-state index is 11.8. The van der Waals surface area contributed by atoms with Crippen LogP contribution in [-0.4, -0.2) is 16.4 Å². The van der Waals surface area contributed by atoms with Gasteiger partial charge in [0.05, 0.1) is 0 Å². The molecule has 0 spiro atoms. The maximum atomic E-state index is 11.8. The van der Waals surface area contributed by atoms with Crippen LogP contribution in [0.15, 0.2) is 48.8 Å². The van der Waals surface area contributed by atoms with Crippen LogP contribution in [0.5, 0.6) is 0 Å². The molecule has 0 saturated carbocycles. The van der Waals surface area contributed by atoms with E-state index in [2.05, 4.69) is 34.6 Å². The molecule has 3 nitrogen and oxygen atoms in total. The zero-order valence-electron chi connectivity index (χ0n) is 12.9. The van der Waals surface area contributed by atoms with E-state index in [1.165, 1.54) is 5.56 Å². The third-order valence-corrected chi connectivity index (χ3v) is 3.10. The molecule has 0 aliphatic rings. The lowest BCUT2D eigenvalue weighted by Gasteiger charge is -2.20. The molecule has 110 valence electrons. The number of hydrogen-bond acceptors (Lipinski definition) is 2. The van der Waals surface area contributed by atoms with E-state index in [1.807, 2.05) is 39.1 Å². The van der Waals surface area contributed by atoms with Crippen LogP contribution in [0, 0.1) is 0 Å². The molecule has 1 heterocycles. The van der Waals surface area contributed by atoms with Crippen molar-refractivity contribution in [2.45, 2.75) is 39.2 Å². The average Bonchev–Trinajstić information content (AvgIpc) is 2.45. The number of nitrogens with one attached hydrogen (secondary N) is 1. The largest absolute Gasteiger partial charge is 0.351 e. The summed E-state index contributed by atoms with van der Waals surface area (Å²) >= 11 is 0. The summed E-state index contributed by atoms with van der Waals surface area (Å²) in [5.74, 6) is 0.0961. The summed E-state index contributed by atoms with van der Waals surface area (Å²) in [6.07, 6.45) is 4.90.